The molecule has 1 saturated heterocycles. The number of carbonyl (C=O) groups excluding carboxylic acids is 1. The second kappa shape index (κ2) is 10.0. The number of aliphatic imine (C=N–C) groups is 1. The van der Waals surface area contributed by atoms with Gasteiger partial charge in [-0.1, -0.05) is 38.1 Å². The Kier molecular flexibility index (Phi) is 7.43. The molecule has 160 valence electrons. The number of likely N-dealkylation sites (tertiary alicyclic amines) is 1. The molecule has 1 heterocycles. The minimum atomic E-state index is -0.150. The summed E-state index contributed by atoms with van der Waals surface area (Å²) >= 11 is 1.76. The Labute approximate surface area is 183 Å². The van der Waals surface area contributed by atoms with Gasteiger partial charge in [0.15, 0.2) is 0 Å². The van der Waals surface area contributed by atoms with Crippen LogP contribution in [-0.2, 0) is 0 Å². The highest BCUT2D eigenvalue weighted by Gasteiger charge is 2.46. The molecular formula is C24H31N3O2S. The molecule has 0 radical (unpaired) electrons. The molecule has 2 atom stereocenters. The largest absolute Gasteiger partial charge is 0.497 e. The Morgan fingerprint density at radius 2 is 1.60 bits per heavy atom. The van der Waals surface area contributed by atoms with E-state index in [1.807, 2.05) is 30.9 Å². The monoisotopic (exact) mass is 425 g/mol. The van der Waals surface area contributed by atoms with Crippen LogP contribution in [0.25, 0.3) is 11.1 Å². The molecule has 2 amide bonds. The Morgan fingerprint density at radius 3 is 2.07 bits per heavy atom. The molecule has 2 aromatic rings. The van der Waals surface area contributed by atoms with E-state index in [9.17, 15) is 4.79 Å². The van der Waals surface area contributed by atoms with E-state index in [1.54, 1.807) is 18.9 Å². The smallest absolute Gasteiger partial charge is 0.345 e. The lowest BCUT2D eigenvalue weighted by Crippen LogP contribution is -2.30. The van der Waals surface area contributed by atoms with Crippen LogP contribution in [0.1, 0.15) is 20.3 Å². The quantitative estimate of drug-likeness (QED) is 0.418. The van der Waals surface area contributed by atoms with Gasteiger partial charge in [-0.2, -0.15) is 4.99 Å². The number of hydrogen-bond donors (Lipinski definition) is 1. The third kappa shape index (κ3) is 5.79. The van der Waals surface area contributed by atoms with Crippen molar-refractivity contribution in [2.24, 2.45) is 28.5 Å². The molecule has 1 aliphatic heterocycles. The molecule has 2 fully saturated rings. The van der Waals surface area contributed by atoms with Crippen molar-refractivity contribution >= 4 is 23.6 Å². The van der Waals surface area contributed by atoms with Crippen molar-refractivity contribution in [3.63, 3.8) is 0 Å². The van der Waals surface area contributed by atoms with E-state index >= 15 is 0 Å². The predicted octanol–water partition coefficient (Wildman–Crippen LogP) is 5.16. The number of nitrogens with two attached hydrogens (primary N) is 1. The Morgan fingerprint density at radius 1 is 1.07 bits per heavy atom. The fraction of sp³-hybridized carbons (Fsp3) is 0.417. The Hall–Kier alpha value is -2.47. The predicted molar refractivity (Wildman–Crippen MR) is 125 cm³/mol. The molecule has 0 spiro atoms. The van der Waals surface area contributed by atoms with Crippen molar-refractivity contribution in [3.05, 3.63) is 48.5 Å². The first-order valence-corrected chi connectivity index (χ1v) is 11.5. The zero-order chi connectivity index (χ0) is 21.7. The van der Waals surface area contributed by atoms with E-state index in [2.05, 4.69) is 47.6 Å². The highest BCUT2D eigenvalue weighted by molar-refractivity contribution is 7.98. The summed E-state index contributed by atoms with van der Waals surface area (Å²) < 4.78 is 5.14. The van der Waals surface area contributed by atoms with E-state index in [-0.39, 0.29) is 11.9 Å². The number of piperidine rings is 1. The molecule has 1 aliphatic carbocycles. The van der Waals surface area contributed by atoms with Crippen molar-refractivity contribution in [1.29, 1.82) is 0 Å². The lowest BCUT2D eigenvalue weighted by Gasteiger charge is -2.15. The molecule has 2 N–H and O–H groups in total. The topological polar surface area (TPSA) is 67.9 Å². The van der Waals surface area contributed by atoms with Gasteiger partial charge in [-0.05, 0) is 59.9 Å². The van der Waals surface area contributed by atoms with Crippen molar-refractivity contribution in [3.8, 4) is 16.9 Å². The summed E-state index contributed by atoms with van der Waals surface area (Å²) in [5, 5.41) is 0. The lowest BCUT2D eigenvalue weighted by atomic mass is 10.1. The Balaban J connectivity index is 0.000000172. The van der Waals surface area contributed by atoms with Gasteiger partial charge in [-0.15, -0.1) is 11.8 Å². The fourth-order valence-corrected chi connectivity index (χ4v) is 3.84. The summed E-state index contributed by atoms with van der Waals surface area (Å²) in [6, 6.07) is 16.6. The minimum absolute atomic E-state index is 0.149. The molecule has 0 bridgehead atoms. The van der Waals surface area contributed by atoms with Gasteiger partial charge < -0.3 is 15.4 Å². The summed E-state index contributed by atoms with van der Waals surface area (Å²) in [4.78, 5) is 18.6. The average molecular weight is 426 g/mol. The van der Waals surface area contributed by atoms with Gasteiger partial charge in [0, 0.05) is 23.9 Å². The number of thioether (sulfide) groups is 1. The number of benzene rings is 2. The van der Waals surface area contributed by atoms with Crippen molar-refractivity contribution in [1.82, 2.24) is 4.90 Å². The van der Waals surface area contributed by atoms with Gasteiger partial charge in [-0.25, -0.2) is 4.79 Å². The minimum Gasteiger partial charge on any atom is -0.497 e. The third-order valence-electron chi connectivity index (χ3n) is 5.58. The van der Waals surface area contributed by atoms with Gasteiger partial charge in [0.25, 0.3) is 0 Å². The summed E-state index contributed by atoms with van der Waals surface area (Å²) in [6.45, 7) is 5.65. The van der Waals surface area contributed by atoms with E-state index in [4.69, 9.17) is 10.5 Å². The molecule has 1 saturated carbocycles. The van der Waals surface area contributed by atoms with Crippen LogP contribution in [-0.4, -0.2) is 43.2 Å². The van der Waals surface area contributed by atoms with Crippen LogP contribution in [0.15, 0.2) is 58.4 Å². The molecule has 2 aromatic carbocycles. The number of nitrogens with zero attached hydrogens (tertiary/aromatic N) is 2. The normalized spacial score (nSPS) is 19.8. The standard InChI is InChI=1S/C14H14OS.C10H17N3O/c1-15-13-7-3-11(4-8-13)12-5-9-14(16-2)10-6-12;1-6(2)9(11)12-10(14)13-4-7-3-8(7)5-13/h3-10H,1-2H3;6-8H,3-5H2,1-2H3,(H2,11,12,14). The number of fused-ring (bicyclic) bond motifs is 1. The van der Waals surface area contributed by atoms with Crippen molar-refractivity contribution in [2.45, 2.75) is 25.2 Å². The number of hydrogen-bond acceptors (Lipinski definition) is 3. The second-order valence-electron chi connectivity index (χ2n) is 8.09. The summed E-state index contributed by atoms with van der Waals surface area (Å²) in [7, 11) is 1.68. The van der Waals surface area contributed by atoms with Gasteiger partial charge in [-0.3, -0.25) is 0 Å². The van der Waals surface area contributed by atoms with Gasteiger partial charge in [0.2, 0.25) is 0 Å². The number of carbonyl (C=O) groups is 1. The van der Waals surface area contributed by atoms with Crippen LogP contribution < -0.4 is 10.5 Å². The van der Waals surface area contributed by atoms with Crippen LogP contribution in [0.5, 0.6) is 5.75 Å². The van der Waals surface area contributed by atoms with E-state index in [0.29, 0.717) is 5.84 Å². The number of rotatable bonds is 4. The van der Waals surface area contributed by atoms with Crippen LogP contribution in [0.2, 0.25) is 0 Å². The number of amidine groups is 1. The fourth-order valence-electron chi connectivity index (χ4n) is 3.43. The first-order chi connectivity index (χ1) is 14.4. The van der Waals surface area contributed by atoms with Gasteiger partial charge in [0.1, 0.15) is 11.6 Å². The number of urea groups is 1. The zero-order valence-corrected chi connectivity index (χ0v) is 19.0. The number of methoxy groups -OCH3 is 1. The third-order valence-corrected chi connectivity index (χ3v) is 6.32. The average Bonchev–Trinajstić information content (AvgIpc) is 3.38. The molecule has 2 aliphatic rings. The molecule has 0 aromatic heterocycles. The van der Waals surface area contributed by atoms with Gasteiger partial charge in [0.05, 0.1) is 7.11 Å². The van der Waals surface area contributed by atoms with Gasteiger partial charge >= 0.3 is 6.03 Å². The van der Waals surface area contributed by atoms with E-state index in [0.717, 1.165) is 30.7 Å². The maximum atomic E-state index is 11.6. The lowest BCUT2D eigenvalue weighted by molar-refractivity contribution is 0.214. The highest BCUT2D eigenvalue weighted by Crippen LogP contribution is 2.44. The van der Waals surface area contributed by atoms with Crippen LogP contribution in [0.3, 0.4) is 0 Å². The van der Waals surface area contributed by atoms with Crippen molar-refractivity contribution in [2.75, 3.05) is 26.5 Å². The first kappa shape index (κ1) is 22.2. The van der Waals surface area contributed by atoms with Crippen LogP contribution in [0, 0.1) is 17.8 Å². The maximum absolute atomic E-state index is 11.6. The highest BCUT2D eigenvalue weighted by atomic mass is 32.2. The second-order valence-corrected chi connectivity index (χ2v) is 8.97. The number of amides is 2. The molecule has 30 heavy (non-hydrogen) atoms. The summed E-state index contributed by atoms with van der Waals surface area (Å²) in [6.07, 6.45) is 3.38. The molecule has 4 rings (SSSR count). The molecular weight excluding hydrogens is 394 g/mol. The Bertz CT molecular complexity index is 823. The zero-order valence-electron chi connectivity index (χ0n) is 18.2. The maximum Gasteiger partial charge on any atom is 0.345 e. The van der Waals surface area contributed by atoms with E-state index in [1.165, 1.54) is 22.4 Å². The molecule has 6 heteroatoms. The molecule has 2 unspecified atom stereocenters. The number of ether oxygens (including phenoxy) is 1. The molecule has 5 nitrogen and oxygen atoms in total. The summed E-state index contributed by atoms with van der Waals surface area (Å²) in [5.41, 5.74) is 8.09. The van der Waals surface area contributed by atoms with Crippen molar-refractivity contribution < 1.29 is 9.53 Å². The van der Waals surface area contributed by atoms with Crippen LogP contribution in [0.4, 0.5) is 4.79 Å². The first-order valence-electron chi connectivity index (χ1n) is 10.3. The SMILES string of the molecule is CC(C)/C(N)=N/C(=O)N1CC2CC2C1.COc1ccc(-c2ccc(SC)cc2)cc1. The van der Waals surface area contributed by atoms with E-state index < -0.39 is 0 Å². The summed E-state index contributed by atoms with van der Waals surface area (Å²) in [5.74, 6) is 3.00. The van der Waals surface area contributed by atoms with Crippen LogP contribution >= 0.6 is 11.8 Å².